The summed E-state index contributed by atoms with van der Waals surface area (Å²) >= 11 is 0. The van der Waals surface area contributed by atoms with Crippen molar-refractivity contribution in [3.63, 3.8) is 0 Å². The minimum atomic E-state index is -4.48. The van der Waals surface area contributed by atoms with E-state index in [1.807, 2.05) is 0 Å². The Morgan fingerprint density at radius 2 is 1.68 bits per heavy atom. The van der Waals surface area contributed by atoms with E-state index in [2.05, 4.69) is 4.98 Å². The third-order valence-electron chi connectivity index (χ3n) is 4.30. The average molecular weight is 389 g/mol. The van der Waals surface area contributed by atoms with Crippen molar-refractivity contribution in [1.82, 2.24) is 4.98 Å². The minimum absolute atomic E-state index is 0.0368. The lowest BCUT2D eigenvalue weighted by molar-refractivity contribution is -0.137. The number of nitrogens with zero attached hydrogens (tertiary/aromatic N) is 1. The van der Waals surface area contributed by atoms with Crippen molar-refractivity contribution >= 4 is 11.1 Å². The maximum atomic E-state index is 14.1. The van der Waals surface area contributed by atoms with Crippen molar-refractivity contribution in [2.45, 2.75) is 13.1 Å². The van der Waals surface area contributed by atoms with Gasteiger partial charge in [0.05, 0.1) is 11.1 Å². The molecule has 2 nitrogen and oxygen atoms in total. The maximum absolute atomic E-state index is 14.1. The molecule has 0 unspecified atom stereocenters. The zero-order valence-electron chi connectivity index (χ0n) is 14.4. The third kappa shape index (κ3) is 3.24. The van der Waals surface area contributed by atoms with Crippen LogP contribution in [0, 0.1) is 18.6 Å². The molecule has 0 saturated heterocycles. The Balaban J connectivity index is 1.92. The van der Waals surface area contributed by atoms with Gasteiger partial charge in [0.1, 0.15) is 17.2 Å². The van der Waals surface area contributed by atoms with E-state index in [-0.39, 0.29) is 17.0 Å². The maximum Gasteiger partial charge on any atom is 0.416 e. The van der Waals surface area contributed by atoms with Gasteiger partial charge in [-0.05, 0) is 54.4 Å². The summed E-state index contributed by atoms with van der Waals surface area (Å²) in [5.74, 6) is -1.66. The van der Waals surface area contributed by atoms with Crippen LogP contribution in [-0.4, -0.2) is 4.98 Å². The van der Waals surface area contributed by atoms with Gasteiger partial charge in [0.2, 0.25) is 5.89 Å². The highest BCUT2D eigenvalue weighted by Crippen LogP contribution is 2.37. The van der Waals surface area contributed by atoms with Crippen molar-refractivity contribution in [2.75, 3.05) is 0 Å². The predicted molar refractivity (Wildman–Crippen MR) is 94.5 cm³/mol. The van der Waals surface area contributed by atoms with Crippen molar-refractivity contribution in [3.8, 4) is 22.6 Å². The zero-order valence-corrected chi connectivity index (χ0v) is 14.4. The van der Waals surface area contributed by atoms with Gasteiger partial charge < -0.3 is 4.42 Å². The van der Waals surface area contributed by atoms with Gasteiger partial charge in [-0.15, -0.1) is 0 Å². The molecular weight excluding hydrogens is 377 g/mol. The highest BCUT2D eigenvalue weighted by molar-refractivity contribution is 5.92. The molecule has 0 bridgehead atoms. The summed E-state index contributed by atoms with van der Waals surface area (Å²) in [6.45, 7) is 1.77. The molecule has 0 radical (unpaired) electrons. The first-order chi connectivity index (χ1) is 13.2. The minimum Gasteiger partial charge on any atom is -0.435 e. The van der Waals surface area contributed by atoms with Crippen LogP contribution in [0.15, 0.2) is 59.0 Å². The van der Waals surface area contributed by atoms with E-state index < -0.39 is 23.4 Å². The van der Waals surface area contributed by atoms with Crippen LogP contribution in [0.4, 0.5) is 22.0 Å². The van der Waals surface area contributed by atoms with Crippen LogP contribution in [-0.2, 0) is 6.18 Å². The van der Waals surface area contributed by atoms with E-state index in [4.69, 9.17) is 4.42 Å². The van der Waals surface area contributed by atoms with E-state index in [1.165, 1.54) is 18.2 Å². The van der Waals surface area contributed by atoms with Gasteiger partial charge in [-0.2, -0.15) is 13.2 Å². The van der Waals surface area contributed by atoms with Crippen LogP contribution in [0.3, 0.4) is 0 Å². The van der Waals surface area contributed by atoms with Crippen molar-refractivity contribution < 1.29 is 26.4 Å². The Hall–Kier alpha value is -3.22. The fourth-order valence-electron chi connectivity index (χ4n) is 3.03. The summed E-state index contributed by atoms with van der Waals surface area (Å²) in [6.07, 6.45) is -4.48. The molecule has 7 heteroatoms. The second kappa shape index (κ2) is 6.44. The molecule has 4 aromatic rings. The number of rotatable bonds is 2. The molecule has 4 rings (SSSR count). The number of fused-ring (bicyclic) bond motifs is 1. The Morgan fingerprint density at radius 3 is 2.39 bits per heavy atom. The van der Waals surface area contributed by atoms with Gasteiger partial charge in [-0.1, -0.05) is 12.1 Å². The Bertz CT molecular complexity index is 1190. The first-order valence-electron chi connectivity index (χ1n) is 8.26. The largest absolute Gasteiger partial charge is 0.435 e. The Labute approximate surface area is 156 Å². The van der Waals surface area contributed by atoms with Gasteiger partial charge >= 0.3 is 6.18 Å². The normalized spacial score (nSPS) is 11.9. The first-order valence-corrected chi connectivity index (χ1v) is 8.26. The van der Waals surface area contributed by atoms with Crippen LogP contribution in [0.2, 0.25) is 0 Å². The molecule has 0 N–H and O–H groups in total. The molecule has 1 aromatic heterocycles. The molecule has 0 aliphatic heterocycles. The van der Waals surface area contributed by atoms with Crippen molar-refractivity contribution in [3.05, 3.63) is 77.4 Å². The standard InChI is InChI=1S/C21H12F5NO/c1-11-7-16(12-3-2-4-13(9-12)21(24,25)26)19-18(8-11)27-20(28-19)15-6-5-14(22)10-17(15)23/h2-10H,1H3. The number of alkyl halides is 3. The van der Waals surface area contributed by atoms with Gasteiger partial charge in [-0.3, -0.25) is 0 Å². The molecule has 0 amide bonds. The van der Waals surface area contributed by atoms with E-state index in [0.29, 0.717) is 22.7 Å². The number of aromatic nitrogens is 1. The third-order valence-corrected chi connectivity index (χ3v) is 4.30. The van der Waals surface area contributed by atoms with Gasteiger partial charge in [0.25, 0.3) is 0 Å². The Kier molecular flexibility index (Phi) is 4.18. The number of benzene rings is 3. The van der Waals surface area contributed by atoms with Crippen LogP contribution in [0.5, 0.6) is 0 Å². The lowest BCUT2D eigenvalue weighted by Crippen LogP contribution is -2.04. The summed E-state index contributed by atoms with van der Waals surface area (Å²) in [5.41, 5.74) is 1.22. The second-order valence-electron chi connectivity index (χ2n) is 6.38. The Morgan fingerprint density at radius 1 is 0.893 bits per heavy atom. The summed E-state index contributed by atoms with van der Waals surface area (Å²) in [6, 6.07) is 11.2. The van der Waals surface area contributed by atoms with Gasteiger partial charge in [-0.25, -0.2) is 13.8 Å². The highest BCUT2D eigenvalue weighted by Gasteiger charge is 2.30. The van der Waals surface area contributed by atoms with E-state index in [0.717, 1.165) is 23.8 Å². The molecule has 0 atom stereocenters. The lowest BCUT2D eigenvalue weighted by atomic mass is 10.00. The molecule has 0 aliphatic carbocycles. The summed E-state index contributed by atoms with van der Waals surface area (Å²) in [5, 5.41) is 0. The summed E-state index contributed by atoms with van der Waals surface area (Å²) in [4.78, 5) is 4.24. The van der Waals surface area contributed by atoms with E-state index in [9.17, 15) is 22.0 Å². The molecule has 28 heavy (non-hydrogen) atoms. The fourth-order valence-corrected chi connectivity index (χ4v) is 3.03. The van der Waals surface area contributed by atoms with Crippen LogP contribution in [0.1, 0.15) is 11.1 Å². The average Bonchev–Trinajstić information content (AvgIpc) is 3.03. The fraction of sp³-hybridized carbons (Fsp3) is 0.0952. The number of oxazole rings is 1. The van der Waals surface area contributed by atoms with E-state index in [1.54, 1.807) is 19.1 Å². The number of aryl methyl sites for hydroxylation is 1. The number of halogens is 5. The smallest absolute Gasteiger partial charge is 0.416 e. The monoisotopic (exact) mass is 389 g/mol. The molecule has 0 spiro atoms. The van der Waals surface area contributed by atoms with Gasteiger partial charge in [0.15, 0.2) is 5.58 Å². The van der Waals surface area contributed by atoms with Crippen molar-refractivity contribution in [1.29, 1.82) is 0 Å². The zero-order chi connectivity index (χ0) is 20.1. The summed E-state index contributed by atoms with van der Waals surface area (Å²) < 4.78 is 72.1. The molecular formula is C21H12F5NO. The lowest BCUT2D eigenvalue weighted by Gasteiger charge is -2.09. The SMILES string of the molecule is Cc1cc(-c2cccc(C(F)(F)F)c2)c2oc(-c3ccc(F)cc3F)nc2c1. The molecule has 0 fully saturated rings. The number of hydrogen-bond acceptors (Lipinski definition) is 2. The van der Waals surface area contributed by atoms with Crippen LogP contribution >= 0.6 is 0 Å². The summed E-state index contributed by atoms with van der Waals surface area (Å²) in [7, 11) is 0. The van der Waals surface area contributed by atoms with Crippen LogP contribution < -0.4 is 0 Å². The molecule has 1 heterocycles. The van der Waals surface area contributed by atoms with Crippen molar-refractivity contribution in [2.24, 2.45) is 0 Å². The highest BCUT2D eigenvalue weighted by atomic mass is 19.4. The number of hydrogen-bond donors (Lipinski definition) is 0. The predicted octanol–water partition coefficient (Wildman–Crippen LogP) is 6.77. The molecule has 3 aromatic carbocycles. The molecule has 0 saturated carbocycles. The van der Waals surface area contributed by atoms with Gasteiger partial charge in [0, 0.05) is 11.6 Å². The molecule has 0 aliphatic rings. The quantitative estimate of drug-likeness (QED) is 0.354. The van der Waals surface area contributed by atoms with E-state index >= 15 is 0 Å². The topological polar surface area (TPSA) is 26.0 Å². The molecule has 142 valence electrons. The first kappa shape index (κ1) is 18.2. The second-order valence-corrected chi connectivity index (χ2v) is 6.38. The van der Waals surface area contributed by atoms with Crippen LogP contribution in [0.25, 0.3) is 33.7 Å².